The maximum atomic E-state index is 13.0. The third kappa shape index (κ3) is 2.39. The summed E-state index contributed by atoms with van der Waals surface area (Å²) < 4.78 is 13.0. The van der Waals surface area contributed by atoms with E-state index in [9.17, 15) is 14.6 Å². The van der Waals surface area contributed by atoms with E-state index in [0.29, 0.717) is 0 Å². The van der Waals surface area contributed by atoms with Crippen molar-refractivity contribution in [3.8, 4) is 0 Å². The number of hydrogen-bond acceptors (Lipinski definition) is 4. The van der Waals surface area contributed by atoms with Crippen LogP contribution < -0.4 is 5.73 Å². The Labute approximate surface area is 85.1 Å². The van der Waals surface area contributed by atoms with Crippen LogP contribution in [0.2, 0.25) is 5.02 Å². The molecule has 0 aliphatic rings. The van der Waals surface area contributed by atoms with Gasteiger partial charge < -0.3 is 15.9 Å². The maximum Gasteiger partial charge on any atom is 0.218 e. The average Bonchev–Trinajstić information content (AvgIpc) is 2.19. The Balaban J connectivity index is 2.99. The summed E-state index contributed by atoms with van der Waals surface area (Å²) in [6.45, 7) is -0.173. The largest absolute Gasteiger partial charge is 0.389 e. The minimum atomic E-state index is -1.41. The first-order valence-corrected chi connectivity index (χ1v) is 4.31. The topological polar surface area (TPSA) is 79.4 Å². The summed E-state index contributed by atoms with van der Waals surface area (Å²) in [6, 6.07) is 1.20. The molecule has 2 unspecified atom stereocenters. The number of aliphatic hydroxyl groups is 2. The lowest BCUT2D eigenvalue weighted by Crippen LogP contribution is -2.27. The molecule has 0 aliphatic heterocycles. The number of halogens is 2. The standard InChI is InChI=1S/C8H10ClFN2O2/c9-4-1-5(8(10)12-3-4)7(14)6(13)2-11/h1,3,6-7,13-14H,2,11H2. The van der Waals surface area contributed by atoms with Crippen molar-refractivity contribution in [2.45, 2.75) is 12.2 Å². The van der Waals surface area contributed by atoms with Gasteiger partial charge in [0.15, 0.2) is 0 Å². The highest BCUT2D eigenvalue weighted by Crippen LogP contribution is 2.21. The predicted molar refractivity (Wildman–Crippen MR) is 49.2 cm³/mol. The normalized spacial score (nSPS) is 15.2. The molecule has 0 aliphatic carbocycles. The molecule has 4 N–H and O–H groups in total. The van der Waals surface area contributed by atoms with E-state index < -0.39 is 18.2 Å². The zero-order chi connectivity index (χ0) is 10.7. The zero-order valence-electron chi connectivity index (χ0n) is 7.19. The Kier molecular flexibility index (Phi) is 3.77. The lowest BCUT2D eigenvalue weighted by atomic mass is 10.1. The molecule has 0 spiro atoms. The maximum absolute atomic E-state index is 13.0. The van der Waals surface area contributed by atoms with Crippen molar-refractivity contribution in [3.63, 3.8) is 0 Å². The van der Waals surface area contributed by atoms with Gasteiger partial charge in [-0.3, -0.25) is 0 Å². The lowest BCUT2D eigenvalue weighted by Gasteiger charge is -2.16. The van der Waals surface area contributed by atoms with Gasteiger partial charge in [-0.25, -0.2) is 4.98 Å². The summed E-state index contributed by atoms with van der Waals surface area (Å²) in [4.78, 5) is 3.31. The molecule has 1 heterocycles. The van der Waals surface area contributed by atoms with E-state index in [2.05, 4.69) is 4.98 Å². The first-order chi connectivity index (χ1) is 6.56. The van der Waals surface area contributed by atoms with Gasteiger partial charge in [-0.1, -0.05) is 11.6 Å². The lowest BCUT2D eigenvalue weighted by molar-refractivity contribution is 0.0217. The summed E-state index contributed by atoms with van der Waals surface area (Å²) in [6.07, 6.45) is -1.53. The fourth-order valence-electron chi connectivity index (χ4n) is 0.982. The second kappa shape index (κ2) is 4.65. The van der Waals surface area contributed by atoms with Gasteiger partial charge in [0.1, 0.15) is 6.10 Å². The Bertz CT molecular complexity index is 324. The molecule has 0 saturated heterocycles. The van der Waals surface area contributed by atoms with E-state index in [4.69, 9.17) is 17.3 Å². The van der Waals surface area contributed by atoms with E-state index in [1.54, 1.807) is 0 Å². The van der Waals surface area contributed by atoms with Gasteiger partial charge in [0.2, 0.25) is 5.95 Å². The third-order valence-corrected chi connectivity index (χ3v) is 1.96. The molecule has 1 aromatic heterocycles. The molecule has 1 rings (SSSR count). The van der Waals surface area contributed by atoms with Crippen molar-refractivity contribution >= 4 is 11.6 Å². The van der Waals surface area contributed by atoms with E-state index in [-0.39, 0.29) is 17.1 Å². The molecule has 0 saturated carbocycles. The van der Waals surface area contributed by atoms with Crippen molar-refractivity contribution in [2.75, 3.05) is 6.54 Å². The van der Waals surface area contributed by atoms with E-state index in [0.717, 1.165) is 6.20 Å². The fourth-order valence-corrected chi connectivity index (χ4v) is 1.15. The Hall–Kier alpha value is -0.750. The van der Waals surface area contributed by atoms with Crippen molar-refractivity contribution in [1.29, 1.82) is 0 Å². The van der Waals surface area contributed by atoms with Crippen LogP contribution in [-0.4, -0.2) is 27.8 Å². The Morgan fingerprint density at radius 1 is 1.57 bits per heavy atom. The van der Waals surface area contributed by atoms with Crippen molar-refractivity contribution < 1.29 is 14.6 Å². The van der Waals surface area contributed by atoms with Crippen LogP contribution in [0.15, 0.2) is 12.3 Å². The molecular weight excluding hydrogens is 211 g/mol. The summed E-state index contributed by atoms with van der Waals surface area (Å²) in [5, 5.41) is 18.8. The number of rotatable bonds is 3. The highest BCUT2D eigenvalue weighted by atomic mass is 35.5. The number of nitrogens with zero attached hydrogens (tertiary/aromatic N) is 1. The quantitative estimate of drug-likeness (QED) is 0.637. The molecule has 2 atom stereocenters. The first-order valence-electron chi connectivity index (χ1n) is 3.93. The minimum Gasteiger partial charge on any atom is -0.389 e. The number of aliphatic hydroxyl groups excluding tert-OH is 2. The molecule has 14 heavy (non-hydrogen) atoms. The van der Waals surface area contributed by atoms with Gasteiger partial charge in [-0.15, -0.1) is 0 Å². The highest BCUT2D eigenvalue weighted by Gasteiger charge is 2.21. The smallest absolute Gasteiger partial charge is 0.218 e. The van der Waals surface area contributed by atoms with Crippen molar-refractivity contribution in [2.24, 2.45) is 5.73 Å². The minimum absolute atomic E-state index is 0.157. The molecule has 0 amide bonds. The third-order valence-electron chi connectivity index (χ3n) is 1.76. The van der Waals surface area contributed by atoms with Crippen LogP contribution in [0.1, 0.15) is 11.7 Å². The number of hydrogen-bond donors (Lipinski definition) is 3. The molecule has 1 aromatic rings. The summed E-state index contributed by atoms with van der Waals surface area (Å²) in [7, 11) is 0. The highest BCUT2D eigenvalue weighted by molar-refractivity contribution is 6.30. The molecule has 0 aromatic carbocycles. The Morgan fingerprint density at radius 3 is 2.79 bits per heavy atom. The molecule has 4 nitrogen and oxygen atoms in total. The Morgan fingerprint density at radius 2 is 2.21 bits per heavy atom. The van der Waals surface area contributed by atoms with Gasteiger partial charge in [-0.2, -0.15) is 4.39 Å². The summed E-state index contributed by atoms with van der Waals surface area (Å²) in [5.74, 6) is -0.866. The molecule has 0 fully saturated rings. The first kappa shape index (κ1) is 11.3. The summed E-state index contributed by atoms with van der Waals surface area (Å²) in [5.41, 5.74) is 4.96. The fraction of sp³-hybridized carbons (Fsp3) is 0.375. The number of aromatic nitrogens is 1. The van der Waals surface area contributed by atoms with Crippen LogP contribution in [-0.2, 0) is 0 Å². The molecule has 6 heteroatoms. The zero-order valence-corrected chi connectivity index (χ0v) is 7.95. The monoisotopic (exact) mass is 220 g/mol. The second-order valence-electron chi connectivity index (χ2n) is 2.78. The van der Waals surface area contributed by atoms with Crippen molar-refractivity contribution in [3.05, 3.63) is 28.8 Å². The SMILES string of the molecule is NCC(O)C(O)c1cc(Cl)cnc1F. The van der Waals surface area contributed by atoms with Crippen LogP contribution >= 0.6 is 11.6 Å². The van der Waals surface area contributed by atoms with Crippen molar-refractivity contribution in [1.82, 2.24) is 4.98 Å². The average molecular weight is 221 g/mol. The van der Waals surface area contributed by atoms with Crippen LogP contribution in [0.4, 0.5) is 4.39 Å². The summed E-state index contributed by atoms with van der Waals surface area (Å²) >= 11 is 5.56. The van der Waals surface area contributed by atoms with Gasteiger partial charge >= 0.3 is 0 Å². The number of nitrogens with two attached hydrogens (primary N) is 1. The predicted octanol–water partition coefficient (Wildman–Crippen LogP) is 0.227. The van der Waals surface area contributed by atoms with Crippen LogP contribution in [0.25, 0.3) is 0 Å². The second-order valence-corrected chi connectivity index (χ2v) is 3.22. The van der Waals surface area contributed by atoms with Gasteiger partial charge in [-0.05, 0) is 6.07 Å². The van der Waals surface area contributed by atoms with E-state index in [1.165, 1.54) is 6.07 Å². The molecule has 78 valence electrons. The van der Waals surface area contributed by atoms with Gasteiger partial charge in [0.05, 0.1) is 11.1 Å². The molecule has 0 radical (unpaired) electrons. The van der Waals surface area contributed by atoms with Crippen LogP contribution in [0.3, 0.4) is 0 Å². The molecular formula is C8H10ClFN2O2. The van der Waals surface area contributed by atoms with E-state index >= 15 is 0 Å². The number of pyridine rings is 1. The van der Waals surface area contributed by atoms with Crippen LogP contribution in [0, 0.1) is 5.95 Å². The van der Waals surface area contributed by atoms with Gasteiger partial charge in [0, 0.05) is 18.3 Å². The van der Waals surface area contributed by atoms with Gasteiger partial charge in [0.25, 0.3) is 0 Å². The van der Waals surface area contributed by atoms with Crippen LogP contribution in [0.5, 0.6) is 0 Å². The molecule has 0 bridgehead atoms. The van der Waals surface area contributed by atoms with E-state index in [1.807, 2.05) is 0 Å².